The van der Waals surface area contributed by atoms with Crippen LogP contribution in [0.15, 0.2) is 0 Å². The molecule has 0 amide bonds. The lowest BCUT2D eigenvalue weighted by molar-refractivity contribution is 0.0562. The van der Waals surface area contributed by atoms with Gasteiger partial charge in [0.05, 0.1) is 0 Å². The van der Waals surface area contributed by atoms with Crippen molar-refractivity contribution in [3.63, 3.8) is 0 Å². The Kier molecular flexibility index (Phi) is 1.14. The topological polar surface area (TPSA) is 127 Å². The Morgan fingerprint density at radius 1 is 1.08 bits per heavy atom. The lowest BCUT2D eigenvalue weighted by Crippen LogP contribution is -2.02. The summed E-state index contributed by atoms with van der Waals surface area (Å²) < 4.78 is 0. The Morgan fingerprint density at radius 3 is 2.25 bits per heavy atom. The summed E-state index contributed by atoms with van der Waals surface area (Å²) in [5.74, 6) is -0.475. The molecule has 61 valence electrons. The van der Waals surface area contributed by atoms with E-state index in [1.165, 1.54) is 0 Å². The van der Waals surface area contributed by atoms with Crippen molar-refractivity contribution in [3.8, 4) is 11.6 Å². The first-order valence-electron chi connectivity index (χ1n) is 2.73. The molecule has 2 rings (SSSR count). The highest BCUT2D eigenvalue weighted by molar-refractivity contribution is 5.39. The van der Waals surface area contributed by atoms with E-state index < -0.39 is 0 Å². The number of nitrogens with zero attached hydrogens (tertiary/aromatic N) is 8. The minimum absolute atomic E-state index is 0.0956. The van der Waals surface area contributed by atoms with Gasteiger partial charge in [0.2, 0.25) is 0 Å². The highest BCUT2D eigenvalue weighted by Crippen LogP contribution is 2.06. The van der Waals surface area contributed by atoms with Gasteiger partial charge in [0.1, 0.15) is 0 Å². The second-order valence-electron chi connectivity index (χ2n) is 1.77. The smallest absolute Gasteiger partial charge is 0.269 e. The first-order chi connectivity index (χ1) is 5.79. The van der Waals surface area contributed by atoms with Crippen LogP contribution in [0, 0.1) is 0 Å². The normalized spacial score (nSPS) is 10.3. The third-order valence-electron chi connectivity index (χ3n) is 1.10. The van der Waals surface area contributed by atoms with Gasteiger partial charge >= 0.3 is 0 Å². The Hall–Kier alpha value is -2.26. The highest BCUT2D eigenvalue weighted by atomic mass is 16.5. The molecule has 0 saturated carbocycles. The van der Waals surface area contributed by atoms with Crippen molar-refractivity contribution in [1.29, 1.82) is 0 Å². The van der Waals surface area contributed by atoms with Crippen LogP contribution in [0.1, 0.15) is 0 Å². The molecule has 0 atom stereocenters. The van der Waals surface area contributed by atoms with Gasteiger partial charge in [0.15, 0.2) is 0 Å². The summed E-state index contributed by atoms with van der Waals surface area (Å²) in [5.41, 5.74) is 0. The largest absolute Gasteiger partial charge is 0.409 e. The Bertz CT molecular complexity index is 351. The molecule has 12 heavy (non-hydrogen) atoms. The summed E-state index contributed by atoms with van der Waals surface area (Å²) in [7, 11) is 0. The number of aromatic nitrogens is 8. The van der Waals surface area contributed by atoms with Crippen LogP contribution >= 0.6 is 0 Å². The first kappa shape index (κ1) is 6.45. The van der Waals surface area contributed by atoms with Crippen LogP contribution in [-0.4, -0.2) is 45.9 Å². The van der Waals surface area contributed by atoms with E-state index in [0.29, 0.717) is 4.85 Å². The van der Waals surface area contributed by atoms with Crippen LogP contribution in [0.4, 0.5) is 0 Å². The van der Waals surface area contributed by atoms with Gasteiger partial charge in [-0.15, -0.1) is 15.4 Å². The third-order valence-corrected chi connectivity index (χ3v) is 1.10. The van der Waals surface area contributed by atoms with Crippen LogP contribution in [0.5, 0.6) is 0 Å². The summed E-state index contributed by atoms with van der Waals surface area (Å²) in [6.07, 6.45) is 0. The van der Waals surface area contributed by atoms with Crippen molar-refractivity contribution in [1.82, 2.24) is 40.7 Å². The molecule has 0 aliphatic carbocycles. The van der Waals surface area contributed by atoms with Crippen LogP contribution in [0.3, 0.4) is 0 Å². The van der Waals surface area contributed by atoms with E-state index in [1.807, 2.05) is 0 Å². The minimum atomic E-state index is -0.262. The van der Waals surface area contributed by atoms with Gasteiger partial charge in [0.25, 0.3) is 11.6 Å². The molecule has 0 bridgehead atoms. The SMILES string of the molecule is [O]n1nnnc1-c1nnnn1O. The molecule has 0 aromatic carbocycles. The molecule has 1 radical (unpaired) electrons. The van der Waals surface area contributed by atoms with Gasteiger partial charge in [-0.3, -0.25) is 0 Å². The number of rotatable bonds is 1. The maximum atomic E-state index is 10.7. The molecule has 10 nitrogen and oxygen atoms in total. The van der Waals surface area contributed by atoms with Crippen LogP contribution < -0.4 is 0 Å². The summed E-state index contributed by atoms with van der Waals surface area (Å²) in [6.45, 7) is 0. The molecule has 0 spiro atoms. The van der Waals surface area contributed by atoms with Gasteiger partial charge in [0, 0.05) is 0 Å². The molecule has 1 N–H and O–H groups in total. The first-order valence-corrected chi connectivity index (χ1v) is 2.73. The second kappa shape index (κ2) is 2.11. The molecule has 0 aliphatic heterocycles. The van der Waals surface area contributed by atoms with E-state index in [1.54, 1.807) is 0 Å². The summed E-state index contributed by atoms with van der Waals surface area (Å²) >= 11 is 0. The molecule has 2 heterocycles. The summed E-state index contributed by atoms with van der Waals surface area (Å²) in [6, 6.07) is 0. The predicted octanol–water partition coefficient (Wildman–Crippen LogP) is -2.24. The van der Waals surface area contributed by atoms with Crippen molar-refractivity contribution in [2.45, 2.75) is 0 Å². The third kappa shape index (κ3) is 0.744. The van der Waals surface area contributed by atoms with Crippen molar-refractivity contribution in [3.05, 3.63) is 0 Å². The monoisotopic (exact) mass is 169 g/mol. The lowest BCUT2D eigenvalue weighted by Gasteiger charge is -1.88. The number of hydrogen-bond acceptors (Lipinski definition) is 7. The van der Waals surface area contributed by atoms with Crippen molar-refractivity contribution in [2.75, 3.05) is 0 Å². The number of tetrazole rings is 2. The summed E-state index contributed by atoms with van der Waals surface area (Å²) in [5, 5.41) is 38.4. The van der Waals surface area contributed by atoms with Gasteiger partial charge in [-0.25, -0.2) is 0 Å². The number of hydrogen-bond donors (Lipinski definition) is 1. The van der Waals surface area contributed by atoms with E-state index in [4.69, 9.17) is 5.21 Å². The Balaban J connectivity index is 2.57. The molecular weight excluding hydrogens is 168 g/mol. The molecule has 0 fully saturated rings. The zero-order valence-corrected chi connectivity index (χ0v) is 5.43. The second-order valence-corrected chi connectivity index (χ2v) is 1.77. The van der Waals surface area contributed by atoms with Gasteiger partial charge < -0.3 is 5.21 Å². The average molecular weight is 169 g/mol. The highest BCUT2D eigenvalue weighted by Gasteiger charge is 2.17. The van der Waals surface area contributed by atoms with Gasteiger partial charge in [-0.1, -0.05) is 4.85 Å². The molecular formula is C2HN8O2. The van der Waals surface area contributed by atoms with Gasteiger partial charge in [-0.05, 0) is 25.7 Å². The van der Waals surface area contributed by atoms with Crippen LogP contribution in [-0.2, 0) is 5.21 Å². The molecule has 2 aromatic heterocycles. The van der Waals surface area contributed by atoms with E-state index in [0.717, 1.165) is 0 Å². The van der Waals surface area contributed by atoms with Crippen molar-refractivity contribution < 1.29 is 10.4 Å². The van der Waals surface area contributed by atoms with Crippen LogP contribution in [0.2, 0.25) is 0 Å². The Labute approximate surface area is 64.0 Å². The van der Waals surface area contributed by atoms with E-state index >= 15 is 0 Å². The van der Waals surface area contributed by atoms with E-state index in [-0.39, 0.29) is 16.5 Å². The summed E-state index contributed by atoms with van der Waals surface area (Å²) in [4.78, 5) is 0.401. The zero-order chi connectivity index (χ0) is 8.55. The average Bonchev–Trinajstić information content (AvgIpc) is 2.59. The molecule has 0 saturated heterocycles. The maximum Gasteiger partial charge on any atom is 0.269 e. The molecule has 10 heteroatoms. The Morgan fingerprint density at radius 2 is 1.75 bits per heavy atom. The zero-order valence-electron chi connectivity index (χ0n) is 5.43. The maximum absolute atomic E-state index is 10.7. The fraction of sp³-hybridized carbons (Fsp3) is 0. The van der Waals surface area contributed by atoms with E-state index in [2.05, 4.69) is 31.1 Å². The quantitative estimate of drug-likeness (QED) is 0.478. The minimum Gasteiger partial charge on any atom is -0.409 e. The molecule has 2 aromatic rings. The lowest BCUT2D eigenvalue weighted by atomic mass is 10.6. The fourth-order valence-corrected chi connectivity index (χ4v) is 0.626. The standard InChI is InChI=1S/C2HN8O2/c11-9-1(3-5-7-9)2-4-6-8-10(2)12/h11H. The van der Waals surface area contributed by atoms with Crippen molar-refractivity contribution >= 4 is 0 Å². The fourth-order valence-electron chi connectivity index (χ4n) is 0.626. The molecule has 0 unspecified atom stereocenters. The molecule has 0 aliphatic rings. The van der Waals surface area contributed by atoms with Crippen molar-refractivity contribution in [2.24, 2.45) is 0 Å². The predicted molar refractivity (Wildman–Crippen MR) is 27.9 cm³/mol. The van der Waals surface area contributed by atoms with Gasteiger partial charge in [-0.2, -0.15) is 0 Å². The van der Waals surface area contributed by atoms with E-state index in [9.17, 15) is 5.21 Å². The van der Waals surface area contributed by atoms with Crippen LogP contribution in [0.25, 0.3) is 11.6 Å².